The molecule has 0 aromatic heterocycles. The van der Waals surface area contributed by atoms with Crippen LogP contribution in [0.25, 0.3) is 0 Å². The summed E-state index contributed by atoms with van der Waals surface area (Å²) in [6.07, 6.45) is 16.2. The lowest BCUT2D eigenvalue weighted by Gasteiger charge is -2.61. The fraction of sp³-hybridized carbons (Fsp3) is 0.897. The van der Waals surface area contributed by atoms with E-state index in [4.69, 9.17) is 4.74 Å². The van der Waals surface area contributed by atoms with Gasteiger partial charge in [0.2, 0.25) is 0 Å². The first-order valence-corrected chi connectivity index (χ1v) is 13.6. The van der Waals surface area contributed by atoms with Gasteiger partial charge in [-0.2, -0.15) is 0 Å². The first-order chi connectivity index (χ1) is 15.0. The van der Waals surface area contributed by atoms with Crippen LogP contribution in [-0.4, -0.2) is 22.8 Å². The highest BCUT2D eigenvalue weighted by Crippen LogP contribution is 2.67. The van der Waals surface area contributed by atoms with E-state index in [1.165, 1.54) is 51.9 Å². The van der Waals surface area contributed by atoms with Gasteiger partial charge in [-0.15, -0.1) is 0 Å². The van der Waals surface area contributed by atoms with Gasteiger partial charge in [0, 0.05) is 18.8 Å². The van der Waals surface area contributed by atoms with Crippen LogP contribution in [0, 0.1) is 46.3 Å². The molecule has 3 nitrogen and oxygen atoms in total. The van der Waals surface area contributed by atoms with Gasteiger partial charge in [-0.1, -0.05) is 66.0 Å². The molecule has 3 heteroatoms. The number of carbonyl (C=O) groups excluding carboxylic acids is 1. The molecule has 0 spiro atoms. The van der Waals surface area contributed by atoms with Crippen LogP contribution in [0.5, 0.6) is 0 Å². The van der Waals surface area contributed by atoms with Gasteiger partial charge in [0.05, 0.1) is 5.60 Å². The van der Waals surface area contributed by atoms with Crippen molar-refractivity contribution < 1.29 is 14.6 Å². The van der Waals surface area contributed by atoms with Gasteiger partial charge in [-0.3, -0.25) is 4.79 Å². The molecule has 3 fully saturated rings. The summed E-state index contributed by atoms with van der Waals surface area (Å²) in [6.45, 7) is 13.6. The van der Waals surface area contributed by atoms with Crippen molar-refractivity contribution >= 4 is 5.97 Å². The average molecular weight is 445 g/mol. The predicted octanol–water partition coefficient (Wildman–Crippen LogP) is 6.93. The number of esters is 1. The second-order valence-corrected chi connectivity index (χ2v) is 13.0. The number of hydrogen-bond acceptors (Lipinski definition) is 3. The Balaban J connectivity index is 1.51. The molecule has 0 unspecified atom stereocenters. The number of hydrogen-bond donors (Lipinski definition) is 1. The number of allylic oxidation sites excluding steroid dienone is 1. The molecule has 0 aromatic rings. The maximum atomic E-state index is 11.8. The van der Waals surface area contributed by atoms with E-state index in [-0.39, 0.29) is 17.5 Å². The molecule has 0 aliphatic heterocycles. The van der Waals surface area contributed by atoms with E-state index in [2.05, 4.69) is 46.8 Å². The summed E-state index contributed by atoms with van der Waals surface area (Å²) in [5.74, 6) is 4.14. The van der Waals surface area contributed by atoms with E-state index in [9.17, 15) is 9.90 Å². The van der Waals surface area contributed by atoms with Crippen molar-refractivity contribution in [3.8, 4) is 0 Å². The van der Waals surface area contributed by atoms with Crippen LogP contribution in [0.4, 0.5) is 0 Å². The normalized spacial score (nSPS) is 46.3. The molecule has 9 atom stereocenters. The summed E-state index contributed by atoms with van der Waals surface area (Å²) in [7, 11) is 0. The Morgan fingerprint density at radius 1 is 1.06 bits per heavy atom. The summed E-state index contributed by atoms with van der Waals surface area (Å²) in [5, 5.41) is 11.8. The monoisotopic (exact) mass is 444 g/mol. The average Bonchev–Trinajstić information content (AvgIpc) is 3.05. The third-order valence-electron chi connectivity index (χ3n) is 10.8. The number of aliphatic hydroxyl groups is 1. The van der Waals surface area contributed by atoms with Gasteiger partial charge >= 0.3 is 5.97 Å². The Morgan fingerprint density at radius 3 is 2.50 bits per heavy atom. The van der Waals surface area contributed by atoms with Crippen molar-refractivity contribution in [3.63, 3.8) is 0 Å². The van der Waals surface area contributed by atoms with Crippen molar-refractivity contribution in [2.75, 3.05) is 0 Å². The molecular weight excluding hydrogens is 396 g/mol. The van der Waals surface area contributed by atoms with Crippen LogP contribution in [-0.2, 0) is 9.53 Å². The van der Waals surface area contributed by atoms with Crippen molar-refractivity contribution in [1.29, 1.82) is 0 Å². The lowest BCUT2D eigenvalue weighted by atomic mass is 9.45. The fourth-order valence-electron chi connectivity index (χ4n) is 8.96. The van der Waals surface area contributed by atoms with Crippen LogP contribution in [0.3, 0.4) is 0 Å². The molecule has 3 saturated carbocycles. The third-order valence-corrected chi connectivity index (χ3v) is 10.8. The van der Waals surface area contributed by atoms with E-state index in [1.807, 2.05) is 0 Å². The summed E-state index contributed by atoms with van der Waals surface area (Å²) >= 11 is 0. The minimum absolute atomic E-state index is 0.106. The zero-order valence-corrected chi connectivity index (χ0v) is 21.5. The minimum atomic E-state index is -0.845. The highest BCUT2D eigenvalue weighted by molar-refractivity contribution is 5.66. The Bertz CT molecular complexity index is 728. The van der Waals surface area contributed by atoms with Crippen molar-refractivity contribution in [2.24, 2.45) is 46.3 Å². The Labute approximate surface area is 196 Å². The molecule has 0 saturated heterocycles. The predicted molar refractivity (Wildman–Crippen MR) is 130 cm³/mol. The van der Waals surface area contributed by atoms with Crippen LogP contribution in [0.2, 0.25) is 0 Å². The summed E-state index contributed by atoms with van der Waals surface area (Å²) in [5.41, 5.74) is -0.503. The van der Waals surface area contributed by atoms with Crippen molar-refractivity contribution in [1.82, 2.24) is 0 Å². The topological polar surface area (TPSA) is 46.5 Å². The zero-order valence-electron chi connectivity index (χ0n) is 21.5. The molecule has 0 bridgehead atoms. The van der Waals surface area contributed by atoms with Gasteiger partial charge in [-0.05, 0) is 79.4 Å². The maximum Gasteiger partial charge on any atom is 0.302 e. The molecule has 0 heterocycles. The lowest BCUT2D eigenvalue weighted by Crippen LogP contribution is -2.61. The quantitative estimate of drug-likeness (QED) is 0.357. The van der Waals surface area contributed by atoms with Crippen LogP contribution in [0.1, 0.15) is 106 Å². The molecule has 4 aliphatic rings. The van der Waals surface area contributed by atoms with E-state index in [0.717, 1.165) is 36.5 Å². The first-order valence-electron chi connectivity index (χ1n) is 13.6. The Morgan fingerprint density at radius 2 is 1.81 bits per heavy atom. The molecule has 1 N–H and O–H groups in total. The molecule has 182 valence electrons. The van der Waals surface area contributed by atoms with E-state index < -0.39 is 5.60 Å². The zero-order chi connectivity index (χ0) is 23.3. The number of carbonyl (C=O) groups is 1. The molecule has 0 aromatic carbocycles. The van der Waals surface area contributed by atoms with Gasteiger partial charge in [0.25, 0.3) is 0 Å². The summed E-state index contributed by atoms with van der Waals surface area (Å²) < 4.78 is 5.53. The number of ether oxygens (including phenoxy) is 1. The Hall–Kier alpha value is -0.830. The molecule has 0 radical (unpaired) electrons. The maximum absolute atomic E-state index is 11.8. The van der Waals surface area contributed by atoms with Crippen LogP contribution in [0.15, 0.2) is 12.2 Å². The standard InChI is InChI=1S/C29H48O3/c1-19(2)8-7-9-20(3)24-10-11-25-23-13-17-29(31)18-22(32-21(4)30)12-16-28(29,6)26(23)14-15-27(24,25)5/h13,17,19-20,22-26,31H,7-12,14-16,18H2,1-6H3/t20-,22+,23+,24-,25+,26+,27-,28-,29-/m1/s1. The van der Waals surface area contributed by atoms with Gasteiger partial charge in [0.15, 0.2) is 0 Å². The second-order valence-electron chi connectivity index (χ2n) is 13.0. The largest absolute Gasteiger partial charge is 0.462 e. The lowest BCUT2D eigenvalue weighted by molar-refractivity contribution is -0.181. The summed E-state index contributed by atoms with van der Waals surface area (Å²) in [6, 6.07) is 0. The molecule has 4 rings (SSSR count). The highest BCUT2D eigenvalue weighted by atomic mass is 16.5. The first kappa shape index (κ1) is 24.3. The van der Waals surface area contributed by atoms with E-state index in [1.54, 1.807) is 0 Å². The number of rotatable bonds is 6. The second kappa shape index (κ2) is 8.75. The van der Waals surface area contributed by atoms with Gasteiger partial charge in [-0.25, -0.2) is 0 Å². The van der Waals surface area contributed by atoms with Crippen molar-refractivity contribution in [3.05, 3.63) is 12.2 Å². The molecule has 32 heavy (non-hydrogen) atoms. The fourth-order valence-corrected chi connectivity index (χ4v) is 8.96. The third kappa shape index (κ3) is 3.99. The molecule has 4 aliphatic carbocycles. The van der Waals surface area contributed by atoms with Crippen LogP contribution >= 0.6 is 0 Å². The SMILES string of the molecule is CC(=O)O[C@H]1CC[C@]2(C)[C@H]3CC[C@]4(C)[C@@H]([C@H](C)CCCC(C)C)CC[C@H]4[C@@H]3C=C[C@@]2(O)C1. The Kier molecular flexibility index (Phi) is 6.64. The van der Waals surface area contributed by atoms with Gasteiger partial charge < -0.3 is 9.84 Å². The van der Waals surface area contributed by atoms with Crippen LogP contribution < -0.4 is 0 Å². The highest BCUT2D eigenvalue weighted by Gasteiger charge is 2.63. The van der Waals surface area contributed by atoms with Gasteiger partial charge in [0.1, 0.15) is 6.10 Å². The van der Waals surface area contributed by atoms with E-state index in [0.29, 0.717) is 23.7 Å². The summed E-state index contributed by atoms with van der Waals surface area (Å²) in [4.78, 5) is 11.5. The molecule has 0 amide bonds. The molecular formula is C29H48O3. The van der Waals surface area contributed by atoms with E-state index >= 15 is 0 Å². The minimum Gasteiger partial charge on any atom is -0.462 e. The van der Waals surface area contributed by atoms with Crippen molar-refractivity contribution in [2.45, 2.75) is 117 Å². The smallest absolute Gasteiger partial charge is 0.302 e. The number of fused-ring (bicyclic) bond motifs is 5.